The Kier molecular flexibility index (Phi) is 6.66. The minimum absolute atomic E-state index is 0.187. The molecule has 0 bridgehead atoms. The maximum absolute atomic E-state index is 12.6. The van der Waals surface area contributed by atoms with Crippen LogP contribution in [0, 0.1) is 6.92 Å². The van der Waals surface area contributed by atoms with Crippen LogP contribution in [0.1, 0.15) is 24.5 Å². The molecule has 0 aliphatic carbocycles. The van der Waals surface area contributed by atoms with Crippen molar-refractivity contribution in [2.75, 3.05) is 6.61 Å². The lowest BCUT2D eigenvalue weighted by molar-refractivity contribution is 0.315. The van der Waals surface area contributed by atoms with Gasteiger partial charge in [-0.2, -0.15) is 0 Å². The molecular weight excluding hydrogens is 396 g/mol. The molecule has 6 nitrogen and oxygen atoms in total. The number of aromatic nitrogens is 1. The molecule has 0 amide bonds. The smallest absolute Gasteiger partial charge is 0.278 e. The van der Waals surface area contributed by atoms with Crippen LogP contribution >= 0.6 is 11.3 Å². The van der Waals surface area contributed by atoms with Crippen molar-refractivity contribution >= 4 is 21.4 Å². The number of benzene rings is 2. The summed E-state index contributed by atoms with van der Waals surface area (Å²) in [4.78, 5) is 4.28. The lowest BCUT2D eigenvalue weighted by atomic mass is 10.2. The largest absolute Gasteiger partial charge is 0.493 e. The molecule has 3 rings (SSSR count). The number of rotatable bonds is 9. The lowest BCUT2D eigenvalue weighted by Crippen LogP contribution is -2.23. The fourth-order valence-corrected chi connectivity index (χ4v) is 4.07. The number of sulfonamides is 1. The van der Waals surface area contributed by atoms with Gasteiger partial charge in [-0.25, -0.2) is 18.1 Å². The van der Waals surface area contributed by atoms with E-state index >= 15 is 0 Å². The Labute approximate surface area is 169 Å². The van der Waals surface area contributed by atoms with Crippen molar-refractivity contribution in [1.82, 2.24) is 9.71 Å². The standard InChI is InChI=1S/C20H22N2O4S2/c1-3-11-25-19-9-8-18(13-15(19)2)28(23,24)22-14-16-4-6-17(7-5-16)26-20-21-10-12-27-20/h4-10,12-13,22H,3,11,14H2,1-2H3. The van der Waals surface area contributed by atoms with E-state index in [0.717, 1.165) is 17.5 Å². The van der Waals surface area contributed by atoms with Crippen molar-refractivity contribution in [3.8, 4) is 16.7 Å². The Bertz CT molecular complexity index is 1000. The molecule has 0 radical (unpaired) electrons. The quantitative estimate of drug-likeness (QED) is 0.553. The van der Waals surface area contributed by atoms with E-state index in [0.29, 0.717) is 23.3 Å². The van der Waals surface area contributed by atoms with Crippen LogP contribution in [0.3, 0.4) is 0 Å². The SMILES string of the molecule is CCCOc1ccc(S(=O)(=O)NCc2ccc(Oc3nccs3)cc2)cc1C. The third-order valence-electron chi connectivity index (χ3n) is 3.92. The first-order valence-corrected chi connectivity index (χ1v) is 11.2. The number of aryl methyl sites for hydroxylation is 1. The highest BCUT2D eigenvalue weighted by Crippen LogP contribution is 2.24. The first kappa shape index (κ1) is 20.3. The van der Waals surface area contributed by atoms with Gasteiger partial charge in [-0.15, -0.1) is 0 Å². The molecule has 1 heterocycles. The van der Waals surface area contributed by atoms with Gasteiger partial charge in [0.15, 0.2) is 0 Å². The summed E-state index contributed by atoms with van der Waals surface area (Å²) < 4.78 is 39.0. The first-order chi connectivity index (χ1) is 13.5. The van der Waals surface area contributed by atoms with E-state index < -0.39 is 10.0 Å². The average Bonchev–Trinajstić information content (AvgIpc) is 3.19. The van der Waals surface area contributed by atoms with E-state index in [2.05, 4.69) is 9.71 Å². The van der Waals surface area contributed by atoms with Crippen molar-refractivity contribution in [3.63, 3.8) is 0 Å². The predicted octanol–water partition coefficient (Wildman–Crippen LogP) is 4.51. The third-order valence-corrected chi connectivity index (χ3v) is 5.97. The molecule has 148 valence electrons. The molecule has 0 fully saturated rings. The second kappa shape index (κ2) is 9.18. The van der Waals surface area contributed by atoms with Crippen LogP contribution in [0.2, 0.25) is 0 Å². The number of hydrogen-bond donors (Lipinski definition) is 1. The molecule has 0 aliphatic heterocycles. The van der Waals surface area contributed by atoms with Crippen LogP contribution in [0.4, 0.5) is 0 Å². The van der Waals surface area contributed by atoms with Gasteiger partial charge >= 0.3 is 0 Å². The molecule has 1 N–H and O–H groups in total. The highest BCUT2D eigenvalue weighted by atomic mass is 32.2. The van der Waals surface area contributed by atoms with Gasteiger partial charge in [-0.05, 0) is 54.8 Å². The molecule has 0 aliphatic rings. The molecule has 3 aromatic rings. The minimum Gasteiger partial charge on any atom is -0.493 e. The van der Waals surface area contributed by atoms with Gasteiger partial charge in [0.25, 0.3) is 5.19 Å². The van der Waals surface area contributed by atoms with Crippen molar-refractivity contribution in [2.45, 2.75) is 31.7 Å². The molecule has 1 aromatic heterocycles. The van der Waals surface area contributed by atoms with E-state index in [4.69, 9.17) is 9.47 Å². The molecule has 8 heteroatoms. The van der Waals surface area contributed by atoms with Crippen LogP contribution in [-0.4, -0.2) is 20.0 Å². The first-order valence-electron chi connectivity index (χ1n) is 8.87. The summed E-state index contributed by atoms with van der Waals surface area (Å²) in [6.45, 7) is 4.65. The number of hydrogen-bond acceptors (Lipinski definition) is 6. The molecular formula is C20H22N2O4S2. The Morgan fingerprint density at radius 2 is 1.93 bits per heavy atom. The highest BCUT2D eigenvalue weighted by Gasteiger charge is 2.15. The number of thiazole rings is 1. The lowest BCUT2D eigenvalue weighted by Gasteiger charge is -2.11. The topological polar surface area (TPSA) is 77.5 Å². The fraction of sp³-hybridized carbons (Fsp3) is 0.250. The zero-order chi connectivity index (χ0) is 20.0. The van der Waals surface area contributed by atoms with Crippen LogP contribution in [-0.2, 0) is 16.6 Å². The number of nitrogens with one attached hydrogen (secondary N) is 1. The molecule has 0 saturated heterocycles. The molecule has 2 aromatic carbocycles. The van der Waals surface area contributed by atoms with E-state index in [1.165, 1.54) is 11.3 Å². The minimum atomic E-state index is -3.61. The molecule has 28 heavy (non-hydrogen) atoms. The highest BCUT2D eigenvalue weighted by molar-refractivity contribution is 7.89. The summed E-state index contributed by atoms with van der Waals surface area (Å²) in [7, 11) is -3.61. The van der Waals surface area contributed by atoms with E-state index in [-0.39, 0.29) is 11.4 Å². The normalized spacial score (nSPS) is 11.4. The fourth-order valence-electron chi connectivity index (χ4n) is 2.46. The van der Waals surface area contributed by atoms with Crippen molar-refractivity contribution in [3.05, 3.63) is 65.2 Å². The summed E-state index contributed by atoms with van der Waals surface area (Å²) in [5.74, 6) is 1.36. The second-order valence-corrected chi connectivity index (χ2v) is 8.77. The van der Waals surface area contributed by atoms with Gasteiger partial charge in [-0.1, -0.05) is 30.4 Å². The second-order valence-electron chi connectivity index (χ2n) is 6.14. The Morgan fingerprint density at radius 1 is 1.14 bits per heavy atom. The van der Waals surface area contributed by atoms with Gasteiger partial charge in [0.05, 0.1) is 11.5 Å². The maximum atomic E-state index is 12.6. The van der Waals surface area contributed by atoms with E-state index in [1.807, 2.05) is 31.4 Å². The van der Waals surface area contributed by atoms with Gasteiger partial charge in [0.1, 0.15) is 11.5 Å². The maximum Gasteiger partial charge on any atom is 0.278 e. The number of ether oxygens (including phenoxy) is 2. The van der Waals surface area contributed by atoms with Crippen LogP contribution < -0.4 is 14.2 Å². The third kappa shape index (κ3) is 5.31. The van der Waals surface area contributed by atoms with Crippen molar-refractivity contribution < 1.29 is 17.9 Å². The molecule has 0 saturated carbocycles. The summed E-state index contributed by atoms with van der Waals surface area (Å²) in [5, 5.41) is 2.40. The van der Waals surface area contributed by atoms with Gasteiger partial charge in [0.2, 0.25) is 10.0 Å². The predicted molar refractivity (Wildman–Crippen MR) is 110 cm³/mol. The number of nitrogens with zero attached hydrogens (tertiary/aromatic N) is 1. The zero-order valence-electron chi connectivity index (χ0n) is 15.7. The monoisotopic (exact) mass is 418 g/mol. The Hall–Kier alpha value is -2.42. The van der Waals surface area contributed by atoms with E-state index in [9.17, 15) is 8.42 Å². The summed E-state index contributed by atoms with van der Waals surface area (Å²) in [6, 6.07) is 12.1. The van der Waals surface area contributed by atoms with Gasteiger partial charge < -0.3 is 9.47 Å². The Morgan fingerprint density at radius 3 is 2.57 bits per heavy atom. The zero-order valence-corrected chi connectivity index (χ0v) is 17.3. The van der Waals surface area contributed by atoms with Gasteiger partial charge in [-0.3, -0.25) is 0 Å². The Balaban J connectivity index is 1.62. The van der Waals surface area contributed by atoms with Gasteiger partial charge in [0, 0.05) is 18.1 Å². The summed E-state index contributed by atoms with van der Waals surface area (Å²) in [5.41, 5.74) is 1.62. The molecule has 0 atom stereocenters. The van der Waals surface area contributed by atoms with Crippen LogP contribution in [0.25, 0.3) is 0 Å². The molecule has 0 unspecified atom stereocenters. The van der Waals surface area contributed by atoms with Crippen LogP contribution in [0.15, 0.2) is 58.9 Å². The molecule has 0 spiro atoms. The van der Waals surface area contributed by atoms with Crippen LogP contribution in [0.5, 0.6) is 16.7 Å². The van der Waals surface area contributed by atoms with Crippen molar-refractivity contribution in [1.29, 1.82) is 0 Å². The van der Waals surface area contributed by atoms with Crippen molar-refractivity contribution in [2.24, 2.45) is 0 Å². The van der Waals surface area contributed by atoms with E-state index in [1.54, 1.807) is 36.5 Å². The summed E-state index contributed by atoms with van der Waals surface area (Å²) in [6.07, 6.45) is 2.57. The average molecular weight is 419 g/mol. The summed E-state index contributed by atoms with van der Waals surface area (Å²) >= 11 is 1.41.